The number of rotatable bonds is 5. The minimum Gasteiger partial charge on any atom is -0.361 e. The highest BCUT2D eigenvalue weighted by Crippen LogP contribution is 2.36. The number of H-pyrrole nitrogens is 2. The molecule has 0 saturated carbocycles. The van der Waals surface area contributed by atoms with Crippen molar-refractivity contribution in [3.63, 3.8) is 0 Å². The van der Waals surface area contributed by atoms with Crippen molar-refractivity contribution in [1.82, 2.24) is 29.5 Å². The molecule has 0 bridgehead atoms. The van der Waals surface area contributed by atoms with Gasteiger partial charge in [-0.3, -0.25) is 14.2 Å². The molecule has 7 rings (SSSR count). The fourth-order valence-corrected chi connectivity index (χ4v) is 5.76. The summed E-state index contributed by atoms with van der Waals surface area (Å²) in [4.78, 5) is 46.4. The highest BCUT2D eigenvalue weighted by atomic mass is 35.5. The van der Waals surface area contributed by atoms with Crippen LogP contribution in [0.2, 0.25) is 5.02 Å². The maximum absolute atomic E-state index is 14.5. The molecule has 2 aromatic carbocycles. The predicted octanol–water partition coefficient (Wildman–Crippen LogP) is 5.99. The van der Waals surface area contributed by atoms with Crippen LogP contribution in [0.5, 0.6) is 0 Å². The van der Waals surface area contributed by atoms with Crippen molar-refractivity contribution < 1.29 is 0 Å². The third-order valence-electron chi connectivity index (χ3n) is 7.22. The second kappa shape index (κ2) is 9.72. The standard InChI is InChI=1S/C31H22ClN7O2/c1-17(38-30-25-23(40)11-13-34-29(25)36-16-37-30)27-26(32)22-9-5-8-21(19-14-18-10-12-33-28(18)35-15-19)24(22)31(41)39(27)20-6-3-2-4-7-20/h2-17H,1H3,(H,33,35)(H2,34,36,37,38,40)/t17-/m0/s1. The molecule has 0 saturated heterocycles. The summed E-state index contributed by atoms with van der Waals surface area (Å²) in [5.41, 5.74) is 3.45. The van der Waals surface area contributed by atoms with Crippen molar-refractivity contribution in [2.45, 2.75) is 13.0 Å². The average Bonchev–Trinajstić information content (AvgIpc) is 3.47. The Morgan fingerprint density at radius 3 is 2.54 bits per heavy atom. The predicted molar refractivity (Wildman–Crippen MR) is 162 cm³/mol. The lowest BCUT2D eigenvalue weighted by Gasteiger charge is -2.24. The number of para-hydroxylation sites is 1. The summed E-state index contributed by atoms with van der Waals surface area (Å²) >= 11 is 7.20. The Labute approximate surface area is 237 Å². The minimum atomic E-state index is -0.529. The number of hydrogen-bond donors (Lipinski definition) is 3. The molecule has 0 radical (unpaired) electrons. The number of anilines is 1. The lowest BCUT2D eigenvalue weighted by Crippen LogP contribution is -2.27. The Morgan fingerprint density at radius 1 is 0.878 bits per heavy atom. The third-order valence-corrected chi connectivity index (χ3v) is 7.62. The van der Waals surface area contributed by atoms with E-state index in [1.807, 2.05) is 73.8 Å². The molecule has 0 aliphatic carbocycles. The van der Waals surface area contributed by atoms with Crippen LogP contribution in [0.15, 0.2) is 101 Å². The van der Waals surface area contributed by atoms with E-state index in [-0.39, 0.29) is 11.0 Å². The molecule has 7 aromatic rings. The molecular weight excluding hydrogens is 538 g/mol. The highest BCUT2D eigenvalue weighted by Gasteiger charge is 2.24. The molecule has 1 atom stereocenters. The maximum Gasteiger partial charge on any atom is 0.263 e. The Balaban J connectivity index is 1.48. The number of halogens is 1. The van der Waals surface area contributed by atoms with E-state index in [0.717, 1.165) is 22.2 Å². The van der Waals surface area contributed by atoms with E-state index in [4.69, 9.17) is 11.6 Å². The fraction of sp³-hybridized carbons (Fsp3) is 0.0645. The smallest absolute Gasteiger partial charge is 0.263 e. The van der Waals surface area contributed by atoms with Crippen LogP contribution < -0.4 is 16.3 Å². The molecule has 0 unspecified atom stereocenters. The van der Waals surface area contributed by atoms with E-state index in [1.54, 1.807) is 17.0 Å². The van der Waals surface area contributed by atoms with E-state index in [0.29, 0.717) is 44.0 Å². The number of nitrogens with one attached hydrogen (secondary N) is 3. The van der Waals surface area contributed by atoms with E-state index in [1.165, 1.54) is 12.4 Å². The van der Waals surface area contributed by atoms with Crippen molar-refractivity contribution in [2.24, 2.45) is 0 Å². The summed E-state index contributed by atoms with van der Waals surface area (Å²) in [5.74, 6) is 0.340. The first-order valence-corrected chi connectivity index (χ1v) is 13.3. The van der Waals surface area contributed by atoms with Crippen LogP contribution >= 0.6 is 11.6 Å². The largest absolute Gasteiger partial charge is 0.361 e. The first kappa shape index (κ1) is 24.7. The third kappa shape index (κ3) is 4.06. The Bertz CT molecular complexity index is 2220. The highest BCUT2D eigenvalue weighted by molar-refractivity contribution is 6.36. The zero-order chi connectivity index (χ0) is 28.1. The Hall–Kier alpha value is -5.28. The first-order valence-electron chi connectivity index (χ1n) is 13.0. The van der Waals surface area contributed by atoms with Gasteiger partial charge in [0.05, 0.1) is 22.1 Å². The minimum absolute atomic E-state index is 0.225. The number of pyridine rings is 3. The van der Waals surface area contributed by atoms with Crippen LogP contribution in [0.3, 0.4) is 0 Å². The summed E-state index contributed by atoms with van der Waals surface area (Å²) in [6.45, 7) is 1.88. The Morgan fingerprint density at radius 2 is 1.68 bits per heavy atom. The number of aromatic nitrogens is 6. The molecule has 5 aromatic heterocycles. The average molecular weight is 560 g/mol. The zero-order valence-corrected chi connectivity index (χ0v) is 22.5. The monoisotopic (exact) mass is 559 g/mol. The van der Waals surface area contributed by atoms with Crippen molar-refractivity contribution in [2.75, 3.05) is 5.32 Å². The van der Waals surface area contributed by atoms with Crippen LogP contribution in [0.4, 0.5) is 5.82 Å². The van der Waals surface area contributed by atoms with Crippen LogP contribution in [0.1, 0.15) is 18.7 Å². The number of fused-ring (bicyclic) bond motifs is 3. The van der Waals surface area contributed by atoms with Gasteiger partial charge in [-0.05, 0) is 36.8 Å². The van der Waals surface area contributed by atoms with E-state index in [2.05, 4.69) is 30.2 Å². The van der Waals surface area contributed by atoms with Gasteiger partial charge in [0.15, 0.2) is 5.43 Å². The molecule has 0 spiro atoms. The van der Waals surface area contributed by atoms with E-state index >= 15 is 0 Å². The summed E-state index contributed by atoms with van der Waals surface area (Å²) in [7, 11) is 0. The van der Waals surface area contributed by atoms with Crippen molar-refractivity contribution in [3.8, 4) is 16.8 Å². The number of aromatic amines is 2. The van der Waals surface area contributed by atoms with Crippen LogP contribution in [0.25, 0.3) is 49.7 Å². The molecule has 0 amide bonds. The molecule has 0 aliphatic heterocycles. The summed E-state index contributed by atoms with van der Waals surface area (Å²) in [6.07, 6.45) is 6.50. The van der Waals surface area contributed by atoms with Crippen LogP contribution in [-0.4, -0.2) is 29.5 Å². The quantitative estimate of drug-likeness (QED) is 0.238. The van der Waals surface area contributed by atoms with Gasteiger partial charge in [-0.2, -0.15) is 0 Å². The van der Waals surface area contributed by atoms with Gasteiger partial charge in [-0.1, -0.05) is 48.0 Å². The van der Waals surface area contributed by atoms with E-state index < -0.39 is 6.04 Å². The lowest BCUT2D eigenvalue weighted by molar-refractivity contribution is 0.774. The van der Waals surface area contributed by atoms with Gasteiger partial charge in [-0.15, -0.1) is 0 Å². The summed E-state index contributed by atoms with van der Waals surface area (Å²) in [6, 6.07) is 19.8. The van der Waals surface area contributed by atoms with Crippen LogP contribution in [0, 0.1) is 0 Å². The molecule has 41 heavy (non-hydrogen) atoms. The number of benzene rings is 2. The topological polar surface area (TPSA) is 121 Å². The second-order valence-corrected chi connectivity index (χ2v) is 10.1. The summed E-state index contributed by atoms with van der Waals surface area (Å²) in [5, 5.41) is 6.09. The molecule has 5 heterocycles. The molecule has 10 heteroatoms. The Kier molecular flexibility index (Phi) is 5.87. The molecule has 3 N–H and O–H groups in total. The molecule has 0 aliphatic rings. The lowest BCUT2D eigenvalue weighted by atomic mass is 9.98. The van der Waals surface area contributed by atoms with Crippen molar-refractivity contribution in [1.29, 1.82) is 0 Å². The SMILES string of the molecule is C[C@H](Nc1ncnc2[nH]ccc(=O)c12)c1c(Cl)c2cccc(-c3cnc4[nH]ccc4c3)c2c(=O)n1-c1ccccc1. The van der Waals surface area contributed by atoms with Gasteiger partial charge in [0.1, 0.15) is 28.8 Å². The van der Waals surface area contributed by atoms with Crippen molar-refractivity contribution in [3.05, 3.63) is 123 Å². The molecular formula is C31H22ClN7O2. The fourth-order valence-electron chi connectivity index (χ4n) is 5.36. The van der Waals surface area contributed by atoms with Gasteiger partial charge < -0.3 is 15.3 Å². The van der Waals surface area contributed by atoms with Gasteiger partial charge in [-0.25, -0.2) is 15.0 Å². The van der Waals surface area contributed by atoms with Gasteiger partial charge in [0.2, 0.25) is 0 Å². The molecule has 9 nitrogen and oxygen atoms in total. The second-order valence-electron chi connectivity index (χ2n) is 9.70. The maximum atomic E-state index is 14.5. The van der Waals surface area contributed by atoms with Crippen LogP contribution in [-0.2, 0) is 0 Å². The summed E-state index contributed by atoms with van der Waals surface area (Å²) < 4.78 is 1.63. The van der Waals surface area contributed by atoms with Gasteiger partial charge in [0.25, 0.3) is 5.56 Å². The molecule has 0 fully saturated rings. The number of nitrogens with zero attached hydrogens (tertiary/aromatic N) is 4. The normalized spacial score (nSPS) is 12.2. The van der Waals surface area contributed by atoms with Gasteiger partial charge in [0, 0.05) is 46.7 Å². The molecule has 200 valence electrons. The van der Waals surface area contributed by atoms with Crippen molar-refractivity contribution >= 4 is 50.3 Å². The number of hydrogen-bond acceptors (Lipinski definition) is 6. The first-order chi connectivity index (χ1) is 20.0. The zero-order valence-electron chi connectivity index (χ0n) is 21.7. The van der Waals surface area contributed by atoms with Gasteiger partial charge >= 0.3 is 0 Å². The van der Waals surface area contributed by atoms with E-state index in [9.17, 15) is 9.59 Å².